The Morgan fingerprint density at radius 3 is 2.87 bits per heavy atom. The number of carbonyl (C=O) groups excluding carboxylic acids is 1. The van der Waals surface area contributed by atoms with Gasteiger partial charge in [-0.25, -0.2) is 0 Å². The van der Waals surface area contributed by atoms with Gasteiger partial charge in [0, 0.05) is 25.2 Å². The van der Waals surface area contributed by atoms with Crippen molar-refractivity contribution in [2.45, 2.75) is 0 Å². The average molecular weight is 245 g/mol. The molecular formula is C10H10Cl2N2O. The van der Waals surface area contributed by atoms with Crippen LogP contribution in [0.4, 0.5) is 5.69 Å². The van der Waals surface area contributed by atoms with Crippen LogP contribution in [0.25, 0.3) is 0 Å². The van der Waals surface area contributed by atoms with Crippen LogP contribution in [0.3, 0.4) is 0 Å². The van der Waals surface area contributed by atoms with Crippen molar-refractivity contribution in [1.82, 2.24) is 5.32 Å². The lowest BCUT2D eigenvalue weighted by molar-refractivity contribution is 0.0958. The normalized spacial score (nSPS) is 15.7. The molecular weight excluding hydrogens is 235 g/mol. The Hall–Kier alpha value is -0.930. The van der Waals surface area contributed by atoms with Crippen LogP contribution in [0.15, 0.2) is 12.1 Å². The first-order chi connectivity index (χ1) is 7.09. The fourth-order valence-corrected chi connectivity index (χ4v) is 2.31. The summed E-state index contributed by atoms with van der Waals surface area (Å²) in [6.45, 7) is 1.35. The highest BCUT2D eigenvalue weighted by Gasteiger charge is 2.21. The standard InChI is InChI=1S/C10H10Cl2N2O/c1-14-3-2-13-10(15)7-4-6(11)5-8(12)9(7)14/h4-5H,2-3H2,1H3,(H,13,15). The number of benzene rings is 1. The van der Waals surface area contributed by atoms with Gasteiger partial charge in [-0.1, -0.05) is 23.2 Å². The van der Waals surface area contributed by atoms with Crippen molar-refractivity contribution in [2.24, 2.45) is 0 Å². The molecule has 0 spiro atoms. The Kier molecular flexibility index (Phi) is 2.76. The molecule has 0 saturated carbocycles. The summed E-state index contributed by atoms with van der Waals surface area (Å²) in [6, 6.07) is 3.29. The fourth-order valence-electron chi connectivity index (χ4n) is 1.67. The summed E-state index contributed by atoms with van der Waals surface area (Å²) in [6.07, 6.45) is 0. The van der Waals surface area contributed by atoms with Gasteiger partial charge in [0.2, 0.25) is 0 Å². The van der Waals surface area contributed by atoms with Gasteiger partial charge in [0.15, 0.2) is 0 Å². The summed E-state index contributed by atoms with van der Waals surface area (Å²) in [7, 11) is 1.90. The van der Waals surface area contributed by atoms with Gasteiger partial charge in [-0.2, -0.15) is 0 Å². The molecule has 1 aliphatic rings. The van der Waals surface area contributed by atoms with Crippen LogP contribution < -0.4 is 10.2 Å². The lowest BCUT2D eigenvalue weighted by Crippen LogP contribution is -2.27. The van der Waals surface area contributed by atoms with Crippen molar-refractivity contribution >= 4 is 34.8 Å². The highest BCUT2D eigenvalue weighted by Crippen LogP contribution is 2.33. The Morgan fingerprint density at radius 1 is 1.40 bits per heavy atom. The molecule has 0 atom stereocenters. The fraction of sp³-hybridized carbons (Fsp3) is 0.300. The summed E-state index contributed by atoms with van der Waals surface area (Å²) >= 11 is 11.9. The molecule has 0 aromatic heterocycles. The maximum Gasteiger partial charge on any atom is 0.253 e. The molecule has 1 N–H and O–H groups in total. The second-order valence-electron chi connectivity index (χ2n) is 3.46. The SMILES string of the molecule is CN1CCNC(=O)c2cc(Cl)cc(Cl)c21. The second-order valence-corrected chi connectivity index (χ2v) is 4.30. The van der Waals surface area contributed by atoms with Gasteiger partial charge in [0.05, 0.1) is 16.3 Å². The lowest BCUT2D eigenvalue weighted by Gasteiger charge is -2.19. The molecule has 2 rings (SSSR count). The van der Waals surface area contributed by atoms with Crippen LogP contribution in [0, 0.1) is 0 Å². The molecule has 0 unspecified atom stereocenters. The van der Waals surface area contributed by atoms with Gasteiger partial charge in [0.1, 0.15) is 0 Å². The third-order valence-corrected chi connectivity index (χ3v) is 2.89. The molecule has 1 aromatic rings. The first-order valence-electron chi connectivity index (χ1n) is 4.58. The van der Waals surface area contributed by atoms with Crippen LogP contribution in [-0.4, -0.2) is 26.0 Å². The van der Waals surface area contributed by atoms with E-state index in [4.69, 9.17) is 23.2 Å². The van der Waals surface area contributed by atoms with Crippen LogP contribution in [0.1, 0.15) is 10.4 Å². The zero-order valence-electron chi connectivity index (χ0n) is 8.18. The second kappa shape index (κ2) is 3.91. The Bertz CT molecular complexity index is 420. The number of nitrogens with one attached hydrogen (secondary N) is 1. The van der Waals surface area contributed by atoms with Gasteiger partial charge >= 0.3 is 0 Å². The Balaban J connectivity index is 2.64. The number of hydrogen-bond donors (Lipinski definition) is 1. The lowest BCUT2D eigenvalue weighted by atomic mass is 10.1. The number of hydrogen-bond acceptors (Lipinski definition) is 2. The van der Waals surface area contributed by atoms with E-state index >= 15 is 0 Å². The van der Waals surface area contributed by atoms with E-state index in [9.17, 15) is 4.79 Å². The zero-order valence-corrected chi connectivity index (χ0v) is 9.69. The topological polar surface area (TPSA) is 32.3 Å². The van der Waals surface area contributed by atoms with E-state index in [0.29, 0.717) is 22.2 Å². The first-order valence-corrected chi connectivity index (χ1v) is 5.33. The molecule has 0 bridgehead atoms. The van der Waals surface area contributed by atoms with Gasteiger partial charge in [-0.3, -0.25) is 4.79 Å². The number of halogens is 2. The molecule has 1 heterocycles. The summed E-state index contributed by atoms with van der Waals surface area (Å²) in [4.78, 5) is 13.7. The van der Waals surface area contributed by atoms with Gasteiger partial charge < -0.3 is 10.2 Å². The van der Waals surface area contributed by atoms with E-state index in [2.05, 4.69) is 5.32 Å². The van der Waals surface area contributed by atoms with Crippen molar-refractivity contribution in [1.29, 1.82) is 0 Å². The molecule has 0 fully saturated rings. The Labute approximate surface area is 98.0 Å². The van der Waals surface area contributed by atoms with Gasteiger partial charge in [0.25, 0.3) is 5.91 Å². The van der Waals surface area contributed by atoms with E-state index in [1.54, 1.807) is 12.1 Å². The number of nitrogens with zero attached hydrogens (tertiary/aromatic N) is 1. The third kappa shape index (κ3) is 1.90. The molecule has 1 amide bonds. The largest absolute Gasteiger partial charge is 0.371 e. The maximum absolute atomic E-state index is 11.7. The molecule has 0 saturated heterocycles. The van der Waals surface area contributed by atoms with E-state index in [-0.39, 0.29) is 5.91 Å². The molecule has 3 nitrogen and oxygen atoms in total. The minimum absolute atomic E-state index is 0.126. The number of anilines is 1. The minimum atomic E-state index is -0.126. The minimum Gasteiger partial charge on any atom is -0.371 e. The summed E-state index contributed by atoms with van der Waals surface area (Å²) in [5.74, 6) is -0.126. The number of carbonyl (C=O) groups is 1. The molecule has 0 radical (unpaired) electrons. The predicted octanol–water partition coefficient (Wildman–Crippen LogP) is 2.17. The zero-order chi connectivity index (χ0) is 11.0. The third-order valence-electron chi connectivity index (χ3n) is 2.39. The van der Waals surface area contributed by atoms with Gasteiger partial charge in [-0.15, -0.1) is 0 Å². The quantitative estimate of drug-likeness (QED) is 0.759. The van der Waals surface area contributed by atoms with E-state index in [1.807, 2.05) is 11.9 Å². The van der Waals surface area contributed by atoms with E-state index < -0.39 is 0 Å². The summed E-state index contributed by atoms with van der Waals surface area (Å²) < 4.78 is 0. The van der Waals surface area contributed by atoms with Crippen molar-refractivity contribution in [3.05, 3.63) is 27.7 Å². The van der Waals surface area contributed by atoms with Crippen LogP contribution in [-0.2, 0) is 0 Å². The summed E-state index contributed by atoms with van der Waals surface area (Å²) in [5, 5.41) is 3.77. The molecule has 0 aliphatic carbocycles. The van der Waals surface area contributed by atoms with Crippen molar-refractivity contribution in [3.63, 3.8) is 0 Å². The highest BCUT2D eigenvalue weighted by atomic mass is 35.5. The number of rotatable bonds is 0. The number of likely N-dealkylation sites (N-methyl/N-ethyl adjacent to an activating group) is 1. The van der Waals surface area contributed by atoms with Crippen molar-refractivity contribution < 1.29 is 4.79 Å². The van der Waals surface area contributed by atoms with Crippen LogP contribution in [0.5, 0.6) is 0 Å². The summed E-state index contributed by atoms with van der Waals surface area (Å²) in [5.41, 5.74) is 1.28. The first kappa shape index (κ1) is 10.6. The monoisotopic (exact) mass is 244 g/mol. The van der Waals surface area contributed by atoms with Crippen LogP contribution >= 0.6 is 23.2 Å². The molecule has 15 heavy (non-hydrogen) atoms. The molecule has 1 aliphatic heterocycles. The van der Waals surface area contributed by atoms with E-state index in [0.717, 1.165) is 12.2 Å². The van der Waals surface area contributed by atoms with E-state index in [1.165, 1.54) is 0 Å². The maximum atomic E-state index is 11.7. The van der Waals surface area contributed by atoms with Crippen molar-refractivity contribution in [3.8, 4) is 0 Å². The molecule has 80 valence electrons. The number of amides is 1. The predicted molar refractivity (Wildman–Crippen MR) is 62.1 cm³/mol. The molecule has 1 aromatic carbocycles. The van der Waals surface area contributed by atoms with Crippen LogP contribution in [0.2, 0.25) is 10.0 Å². The van der Waals surface area contributed by atoms with Crippen molar-refractivity contribution in [2.75, 3.05) is 25.0 Å². The van der Waals surface area contributed by atoms with Gasteiger partial charge in [-0.05, 0) is 12.1 Å². The highest BCUT2D eigenvalue weighted by molar-refractivity contribution is 6.37. The molecule has 5 heteroatoms. The average Bonchev–Trinajstić information content (AvgIpc) is 2.27. The Morgan fingerprint density at radius 2 is 2.13 bits per heavy atom. The number of fused-ring (bicyclic) bond motifs is 1. The smallest absolute Gasteiger partial charge is 0.253 e.